The molecule has 0 saturated heterocycles. The van der Waals surface area contributed by atoms with Gasteiger partial charge >= 0.3 is 6.61 Å². The fourth-order valence-corrected chi connectivity index (χ4v) is 1.93. The first-order valence-corrected chi connectivity index (χ1v) is 6.65. The van der Waals surface area contributed by atoms with Gasteiger partial charge in [0.05, 0.1) is 5.60 Å². The molecule has 0 radical (unpaired) electrons. The Morgan fingerprint density at radius 2 is 2.21 bits per heavy atom. The van der Waals surface area contributed by atoms with Crippen LogP contribution in [0.3, 0.4) is 0 Å². The van der Waals surface area contributed by atoms with Crippen LogP contribution >= 0.6 is 11.3 Å². The molecule has 1 rings (SSSR count). The Labute approximate surface area is 114 Å². The number of halogens is 2. The Balaban J connectivity index is 2.67. The molecular weight excluding hydrogens is 276 g/mol. The van der Waals surface area contributed by atoms with E-state index in [0.29, 0.717) is 0 Å². The molecule has 0 aromatic carbocycles. The zero-order valence-corrected chi connectivity index (χ0v) is 11.8. The monoisotopic (exact) mass is 293 g/mol. The van der Waals surface area contributed by atoms with Gasteiger partial charge in [-0.3, -0.25) is 4.79 Å². The van der Waals surface area contributed by atoms with Crippen molar-refractivity contribution in [1.29, 1.82) is 0 Å². The predicted molar refractivity (Wildman–Crippen MR) is 68.7 cm³/mol. The van der Waals surface area contributed by atoms with Crippen LogP contribution in [-0.4, -0.2) is 29.8 Å². The van der Waals surface area contributed by atoms with Crippen molar-refractivity contribution in [2.75, 3.05) is 6.54 Å². The van der Waals surface area contributed by atoms with E-state index in [1.807, 2.05) is 13.8 Å². The second-order valence-corrected chi connectivity index (χ2v) is 5.60. The van der Waals surface area contributed by atoms with Crippen LogP contribution in [0.5, 0.6) is 5.75 Å². The smallest absolute Gasteiger partial charge is 0.387 e. The van der Waals surface area contributed by atoms with Gasteiger partial charge in [0.25, 0.3) is 5.91 Å². The van der Waals surface area contributed by atoms with Crippen molar-refractivity contribution in [1.82, 2.24) is 5.32 Å². The number of hydrogen-bond acceptors (Lipinski definition) is 4. The Hall–Kier alpha value is -1.21. The van der Waals surface area contributed by atoms with Crippen LogP contribution in [-0.2, 0) is 0 Å². The van der Waals surface area contributed by atoms with Crippen LogP contribution in [0, 0.1) is 5.92 Å². The van der Waals surface area contributed by atoms with Gasteiger partial charge < -0.3 is 15.2 Å². The Kier molecular flexibility index (Phi) is 5.25. The average molecular weight is 293 g/mol. The molecule has 7 heteroatoms. The van der Waals surface area contributed by atoms with Crippen molar-refractivity contribution >= 4 is 17.2 Å². The maximum Gasteiger partial charge on any atom is 0.387 e. The molecule has 1 atom stereocenters. The van der Waals surface area contributed by atoms with E-state index >= 15 is 0 Å². The minimum Gasteiger partial charge on any atom is -0.433 e. The maximum atomic E-state index is 12.1. The average Bonchev–Trinajstić information content (AvgIpc) is 2.73. The van der Waals surface area contributed by atoms with Gasteiger partial charge in [0.15, 0.2) is 0 Å². The summed E-state index contributed by atoms with van der Waals surface area (Å²) >= 11 is 1.01. The SMILES string of the molecule is CC(C)C(C)(O)CNC(=O)c1sccc1OC(F)F. The van der Waals surface area contributed by atoms with E-state index in [-0.39, 0.29) is 23.1 Å². The highest BCUT2D eigenvalue weighted by molar-refractivity contribution is 7.12. The number of thiophene rings is 1. The van der Waals surface area contributed by atoms with E-state index in [2.05, 4.69) is 10.1 Å². The summed E-state index contributed by atoms with van der Waals surface area (Å²) in [7, 11) is 0. The summed E-state index contributed by atoms with van der Waals surface area (Å²) < 4.78 is 28.5. The summed E-state index contributed by atoms with van der Waals surface area (Å²) in [6.45, 7) is 2.31. The molecule has 0 bridgehead atoms. The third-order valence-electron chi connectivity index (χ3n) is 2.90. The lowest BCUT2D eigenvalue weighted by atomic mass is 9.92. The molecule has 2 N–H and O–H groups in total. The summed E-state index contributed by atoms with van der Waals surface area (Å²) in [6.07, 6.45) is 0. The van der Waals surface area contributed by atoms with Crippen LogP contribution in [0.2, 0.25) is 0 Å². The zero-order chi connectivity index (χ0) is 14.6. The highest BCUT2D eigenvalue weighted by Gasteiger charge is 2.26. The van der Waals surface area contributed by atoms with E-state index in [0.717, 1.165) is 11.3 Å². The summed E-state index contributed by atoms with van der Waals surface area (Å²) in [6, 6.07) is 1.31. The molecule has 1 unspecified atom stereocenters. The summed E-state index contributed by atoms with van der Waals surface area (Å²) in [5.41, 5.74) is -1.06. The molecule has 1 heterocycles. The maximum absolute atomic E-state index is 12.1. The predicted octanol–water partition coefficient (Wildman–Crippen LogP) is 2.49. The van der Waals surface area contributed by atoms with Gasteiger partial charge in [-0.25, -0.2) is 0 Å². The van der Waals surface area contributed by atoms with Crippen molar-refractivity contribution in [2.24, 2.45) is 5.92 Å². The summed E-state index contributed by atoms with van der Waals surface area (Å²) in [5.74, 6) is -0.735. The van der Waals surface area contributed by atoms with Gasteiger partial charge in [-0.1, -0.05) is 13.8 Å². The van der Waals surface area contributed by atoms with E-state index in [4.69, 9.17) is 0 Å². The Morgan fingerprint density at radius 3 is 2.74 bits per heavy atom. The number of amides is 1. The number of carbonyl (C=O) groups is 1. The lowest BCUT2D eigenvalue weighted by Gasteiger charge is -2.27. The van der Waals surface area contributed by atoms with Gasteiger partial charge in [-0.05, 0) is 24.3 Å². The van der Waals surface area contributed by atoms with Crippen LogP contribution in [0.1, 0.15) is 30.4 Å². The molecule has 1 aromatic rings. The largest absolute Gasteiger partial charge is 0.433 e. The van der Waals surface area contributed by atoms with E-state index in [1.165, 1.54) is 11.4 Å². The zero-order valence-electron chi connectivity index (χ0n) is 10.9. The highest BCUT2D eigenvalue weighted by Crippen LogP contribution is 2.26. The molecule has 0 fully saturated rings. The molecule has 0 spiro atoms. The number of nitrogens with one attached hydrogen (secondary N) is 1. The second-order valence-electron chi connectivity index (χ2n) is 4.69. The van der Waals surface area contributed by atoms with Crippen molar-refractivity contribution in [3.63, 3.8) is 0 Å². The lowest BCUT2D eigenvalue weighted by molar-refractivity contribution is -0.0498. The highest BCUT2D eigenvalue weighted by atomic mass is 32.1. The molecule has 19 heavy (non-hydrogen) atoms. The number of aliphatic hydroxyl groups is 1. The lowest BCUT2D eigenvalue weighted by Crippen LogP contribution is -2.44. The molecule has 0 aliphatic heterocycles. The van der Waals surface area contributed by atoms with Gasteiger partial charge in [0.1, 0.15) is 10.6 Å². The van der Waals surface area contributed by atoms with Crippen molar-refractivity contribution in [3.05, 3.63) is 16.3 Å². The van der Waals surface area contributed by atoms with Crippen molar-refractivity contribution in [2.45, 2.75) is 33.0 Å². The number of alkyl halides is 2. The molecule has 0 saturated carbocycles. The summed E-state index contributed by atoms with van der Waals surface area (Å²) in [4.78, 5) is 11.9. The first kappa shape index (κ1) is 15.8. The molecular formula is C12H17F2NO3S. The van der Waals surface area contributed by atoms with Crippen LogP contribution in [0.25, 0.3) is 0 Å². The third kappa shape index (κ3) is 4.43. The quantitative estimate of drug-likeness (QED) is 0.847. The molecule has 1 aromatic heterocycles. The van der Waals surface area contributed by atoms with Crippen molar-refractivity contribution in [3.8, 4) is 5.75 Å². The van der Waals surface area contributed by atoms with Gasteiger partial charge in [0.2, 0.25) is 0 Å². The molecule has 0 aliphatic rings. The van der Waals surface area contributed by atoms with Crippen LogP contribution < -0.4 is 10.1 Å². The Bertz CT molecular complexity index is 432. The molecule has 4 nitrogen and oxygen atoms in total. The third-order valence-corrected chi connectivity index (χ3v) is 3.80. The van der Waals surface area contributed by atoms with Gasteiger partial charge in [-0.2, -0.15) is 8.78 Å². The van der Waals surface area contributed by atoms with Crippen LogP contribution in [0.15, 0.2) is 11.4 Å². The number of hydrogen-bond donors (Lipinski definition) is 2. The Morgan fingerprint density at radius 1 is 1.58 bits per heavy atom. The number of rotatable bonds is 6. The molecule has 0 aliphatic carbocycles. The van der Waals surface area contributed by atoms with E-state index in [1.54, 1.807) is 6.92 Å². The van der Waals surface area contributed by atoms with Crippen LogP contribution in [0.4, 0.5) is 8.78 Å². The first-order chi connectivity index (χ1) is 8.74. The molecule has 108 valence electrons. The normalized spacial score (nSPS) is 14.5. The minimum absolute atomic E-state index is 0.0372. The number of ether oxygens (including phenoxy) is 1. The van der Waals surface area contributed by atoms with E-state index < -0.39 is 18.1 Å². The van der Waals surface area contributed by atoms with E-state index in [9.17, 15) is 18.7 Å². The number of carbonyl (C=O) groups excluding carboxylic acids is 1. The topological polar surface area (TPSA) is 58.6 Å². The molecule has 1 amide bonds. The standard InChI is InChI=1S/C12H17F2NO3S/c1-7(2)12(3,17)6-15-10(16)9-8(4-5-19-9)18-11(13)14/h4-5,7,11,17H,6H2,1-3H3,(H,15,16). The first-order valence-electron chi connectivity index (χ1n) is 5.77. The fourth-order valence-electron chi connectivity index (χ4n) is 1.20. The van der Waals surface area contributed by atoms with Gasteiger partial charge in [0, 0.05) is 6.54 Å². The van der Waals surface area contributed by atoms with Crippen molar-refractivity contribution < 1.29 is 23.4 Å². The van der Waals surface area contributed by atoms with Gasteiger partial charge in [-0.15, -0.1) is 11.3 Å². The fraction of sp³-hybridized carbons (Fsp3) is 0.583. The summed E-state index contributed by atoms with van der Waals surface area (Å²) in [5, 5.41) is 14.0. The minimum atomic E-state index is -2.97. The second kappa shape index (κ2) is 6.29.